The van der Waals surface area contributed by atoms with Gasteiger partial charge in [-0.1, -0.05) is 41.6 Å². The fraction of sp³-hybridized carbons (Fsp3) is 0.400. The van der Waals surface area contributed by atoms with Gasteiger partial charge in [-0.2, -0.15) is 0 Å². The first-order valence-corrected chi connectivity index (χ1v) is 5.56. The van der Waals surface area contributed by atoms with E-state index in [2.05, 4.69) is 47.7 Å². The molecule has 0 aliphatic carbocycles. The Labute approximate surface area is 87.3 Å². The molecule has 0 radical (unpaired) electrons. The SMILES string of the molecule is CCc1ccc(CI)c(OC)c1. The number of halogens is 1. The topological polar surface area (TPSA) is 9.23 Å². The predicted octanol–water partition coefficient (Wildman–Crippen LogP) is 3.19. The Morgan fingerprint density at radius 1 is 1.42 bits per heavy atom. The number of ether oxygens (including phenoxy) is 1. The fourth-order valence-electron chi connectivity index (χ4n) is 1.12. The Kier molecular flexibility index (Phi) is 3.85. The molecule has 1 rings (SSSR count). The van der Waals surface area contributed by atoms with Crippen LogP contribution in [0.25, 0.3) is 0 Å². The van der Waals surface area contributed by atoms with Gasteiger partial charge in [-0.3, -0.25) is 0 Å². The van der Waals surface area contributed by atoms with Crippen LogP contribution in [-0.2, 0) is 10.8 Å². The zero-order chi connectivity index (χ0) is 8.97. The average Bonchev–Trinajstić information content (AvgIpc) is 2.16. The molecule has 0 aliphatic heterocycles. The Bertz CT molecular complexity index is 258. The maximum Gasteiger partial charge on any atom is 0.123 e. The molecule has 0 amide bonds. The molecule has 2 heteroatoms. The largest absolute Gasteiger partial charge is 0.496 e. The molecule has 1 nitrogen and oxygen atoms in total. The van der Waals surface area contributed by atoms with Crippen LogP contribution in [0, 0.1) is 0 Å². The Balaban J connectivity index is 3.02. The summed E-state index contributed by atoms with van der Waals surface area (Å²) in [6, 6.07) is 6.43. The minimum Gasteiger partial charge on any atom is -0.496 e. The van der Waals surface area contributed by atoms with Crippen molar-refractivity contribution in [3.05, 3.63) is 29.3 Å². The molecule has 0 bridgehead atoms. The van der Waals surface area contributed by atoms with Gasteiger partial charge < -0.3 is 4.74 Å². The second kappa shape index (κ2) is 4.70. The molecule has 0 N–H and O–H groups in total. The zero-order valence-electron chi connectivity index (χ0n) is 7.43. The van der Waals surface area contributed by atoms with Crippen molar-refractivity contribution >= 4 is 22.6 Å². The van der Waals surface area contributed by atoms with Gasteiger partial charge in [-0.25, -0.2) is 0 Å². The molecule has 0 fully saturated rings. The second-order valence-corrected chi connectivity index (χ2v) is 3.40. The van der Waals surface area contributed by atoms with Gasteiger partial charge in [-0.05, 0) is 18.1 Å². The predicted molar refractivity (Wildman–Crippen MR) is 60.1 cm³/mol. The molecule has 0 aliphatic rings. The Morgan fingerprint density at radius 2 is 2.17 bits per heavy atom. The maximum atomic E-state index is 5.27. The third-order valence-electron chi connectivity index (χ3n) is 1.90. The molecule has 66 valence electrons. The number of rotatable bonds is 3. The van der Waals surface area contributed by atoms with E-state index in [4.69, 9.17) is 4.74 Å². The number of benzene rings is 1. The van der Waals surface area contributed by atoms with Crippen molar-refractivity contribution in [3.8, 4) is 5.75 Å². The summed E-state index contributed by atoms with van der Waals surface area (Å²) in [6.45, 7) is 2.15. The van der Waals surface area contributed by atoms with Crippen molar-refractivity contribution < 1.29 is 4.74 Å². The first kappa shape index (κ1) is 9.84. The van der Waals surface area contributed by atoms with Crippen LogP contribution in [-0.4, -0.2) is 7.11 Å². The molecule has 1 aromatic rings. The Morgan fingerprint density at radius 3 is 2.67 bits per heavy atom. The van der Waals surface area contributed by atoms with Gasteiger partial charge in [0, 0.05) is 9.99 Å². The van der Waals surface area contributed by atoms with Crippen LogP contribution in [0.1, 0.15) is 18.1 Å². The molecule has 0 spiro atoms. The lowest BCUT2D eigenvalue weighted by atomic mass is 10.1. The number of hydrogen-bond donors (Lipinski definition) is 0. The molecular weight excluding hydrogens is 263 g/mol. The van der Waals surface area contributed by atoms with Crippen molar-refractivity contribution in [2.45, 2.75) is 17.8 Å². The van der Waals surface area contributed by atoms with Crippen LogP contribution < -0.4 is 4.74 Å². The van der Waals surface area contributed by atoms with Crippen molar-refractivity contribution in [2.24, 2.45) is 0 Å². The van der Waals surface area contributed by atoms with E-state index >= 15 is 0 Å². The van der Waals surface area contributed by atoms with Gasteiger partial charge in [0.15, 0.2) is 0 Å². The highest BCUT2D eigenvalue weighted by Gasteiger charge is 2.01. The van der Waals surface area contributed by atoms with Gasteiger partial charge in [0.1, 0.15) is 5.75 Å². The van der Waals surface area contributed by atoms with E-state index in [1.807, 2.05) is 0 Å². The first-order chi connectivity index (χ1) is 5.81. The smallest absolute Gasteiger partial charge is 0.123 e. The van der Waals surface area contributed by atoms with Crippen LogP contribution in [0.4, 0.5) is 0 Å². The molecule has 0 saturated carbocycles. The summed E-state index contributed by atoms with van der Waals surface area (Å²) < 4.78 is 6.28. The van der Waals surface area contributed by atoms with Crippen molar-refractivity contribution in [1.29, 1.82) is 0 Å². The van der Waals surface area contributed by atoms with Crippen LogP contribution in [0.5, 0.6) is 5.75 Å². The average molecular weight is 276 g/mol. The molecule has 0 aromatic heterocycles. The maximum absolute atomic E-state index is 5.27. The van der Waals surface area contributed by atoms with Crippen molar-refractivity contribution in [2.75, 3.05) is 7.11 Å². The first-order valence-electron chi connectivity index (χ1n) is 4.03. The molecule has 12 heavy (non-hydrogen) atoms. The monoisotopic (exact) mass is 276 g/mol. The lowest BCUT2D eigenvalue weighted by Crippen LogP contribution is -1.91. The van der Waals surface area contributed by atoms with Gasteiger partial charge >= 0.3 is 0 Å². The summed E-state index contributed by atoms with van der Waals surface area (Å²) in [4.78, 5) is 0. The van der Waals surface area contributed by atoms with E-state index in [9.17, 15) is 0 Å². The van der Waals surface area contributed by atoms with Crippen LogP contribution in [0.15, 0.2) is 18.2 Å². The summed E-state index contributed by atoms with van der Waals surface area (Å²) in [7, 11) is 1.73. The summed E-state index contributed by atoms with van der Waals surface area (Å²) >= 11 is 2.35. The van der Waals surface area contributed by atoms with E-state index in [-0.39, 0.29) is 0 Å². The van der Waals surface area contributed by atoms with Crippen LogP contribution >= 0.6 is 22.6 Å². The summed E-state index contributed by atoms with van der Waals surface area (Å²) in [6.07, 6.45) is 1.07. The lowest BCUT2D eigenvalue weighted by molar-refractivity contribution is 0.411. The summed E-state index contributed by atoms with van der Waals surface area (Å²) in [5, 5.41) is 0. The second-order valence-electron chi connectivity index (χ2n) is 2.63. The lowest BCUT2D eigenvalue weighted by Gasteiger charge is -2.07. The van der Waals surface area contributed by atoms with E-state index in [0.717, 1.165) is 16.6 Å². The molecular formula is C10H13IO. The minimum atomic E-state index is 1.00. The van der Waals surface area contributed by atoms with Gasteiger partial charge in [0.2, 0.25) is 0 Å². The van der Waals surface area contributed by atoms with Gasteiger partial charge in [-0.15, -0.1) is 0 Å². The summed E-state index contributed by atoms with van der Waals surface area (Å²) in [5.74, 6) is 1.02. The van der Waals surface area contributed by atoms with Crippen molar-refractivity contribution in [1.82, 2.24) is 0 Å². The molecule has 0 saturated heterocycles. The highest BCUT2D eigenvalue weighted by molar-refractivity contribution is 14.1. The third kappa shape index (κ3) is 2.12. The van der Waals surface area contributed by atoms with Gasteiger partial charge in [0.05, 0.1) is 7.11 Å². The van der Waals surface area contributed by atoms with E-state index < -0.39 is 0 Å². The fourth-order valence-corrected chi connectivity index (χ4v) is 1.75. The number of alkyl halides is 1. The number of hydrogen-bond acceptors (Lipinski definition) is 1. The molecule has 0 unspecified atom stereocenters. The normalized spacial score (nSPS) is 9.92. The number of aryl methyl sites for hydroxylation is 1. The van der Waals surface area contributed by atoms with E-state index in [0.29, 0.717) is 0 Å². The zero-order valence-corrected chi connectivity index (χ0v) is 9.59. The minimum absolute atomic E-state index is 1.00. The highest BCUT2D eigenvalue weighted by Crippen LogP contribution is 2.22. The van der Waals surface area contributed by atoms with Crippen molar-refractivity contribution in [3.63, 3.8) is 0 Å². The quantitative estimate of drug-likeness (QED) is 0.608. The third-order valence-corrected chi connectivity index (χ3v) is 2.73. The van der Waals surface area contributed by atoms with Crippen LogP contribution in [0.2, 0.25) is 0 Å². The molecule has 0 atom stereocenters. The number of methoxy groups -OCH3 is 1. The van der Waals surface area contributed by atoms with E-state index in [1.54, 1.807) is 7.11 Å². The van der Waals surface area contributed by atoms with Crippen LogP contribution in [0.3, 0.4) is 0 Å². The molecule has 1 aromatic carbocycles. The molecule has 0 heterocycles. The summed E-state index contributed by atoms with van der Waals surface area (Å²) in [5.41, 5.74) is 2.61. The highest BCUT2D eigenvalue weighted by atomic mass is 127. The standard InChI is InChI=1S/C10H13IO/c1-3-8-4-5-9(7-11)10(6-8)12-2/h4-6H,3,7H2,1-2H3. The van der Waals surface area contributed by atoms with Gasteiger partial charge in [0.25, 0.3) is 0 Å². The Hall–Kier alpha value is -0.250. The van der Waals surface area contributed by atoms with E-state index in [1.165, 1.54) is 11.1 Å².